The van der Waals surface area contributed by atoms with E-state index in [-0.39, 0.29) is 0 Å². The van der Waals surface area contributed by atoms with Gasteiger partial charge in [-0.2, -0.15) is 0 Å². The first-order valence-electron chi connectivity index (χ1n) is 3.76. The monoisotopic (exact) mass is 138 g/mol. The van der Waals surface area contributed by atoms with Crippen molar-refractivity contribution in [2.45, 2.75) is 33.1 Å². The van der Waals surface area contributed by atoms with Gasteiger partial charge in [-0.3, -0.25) is 0 Å². The second-order valence-electron chi connectivity index (χ2n) is 2.93. The Kier molecular flexibility index (Phi) is 2.15. The molecule has 1 aliphatic carbocycles. The Labute approximate surface area is 62.1 Å². The molecule has 0 aromatic heterocycles. The zero-order valence-electron chi connectivity index (χ0n) is 6.65. The van der Waals surface area contributed by atoms with Gasteiger partial charge in [-0.15, -0.1) is 0 Å². The van der Waals surface area contributed by atoms with E-state index in [2.05, 4.69) is 6.92 Å². The number of hydrogen-bond donors (Lipinski definition) is 1. The van der Waals surface area contributed by atoms with Gasteiger partial charge in [-0.05, 0) is 44.8 Å². The van der Waals surface area contributed by atoms with Crippen LogP contribution in [0.3, 0.4) is 0 Å². The molecule has 0 aromatic rings. The molecule has 0 atom stereocenters. The number of rotatable bonds is 1. The highest BCUT2D eigenvalue weighted by Crippen LogP contribution is 2.29. The molecular formula is C9H14O. The first-order chi connectivity index (χ1) is 4.70. The molecule has 1 rings (SSSR count). The van der Waals surface area contributed by atoms with Crippen LogP contribution in [0.1, 0.15) is 33.1 Å². The Morgan fingerprint density at radius 3 is 2.30 bits per heavy atom. The third-order valence-electron chi connectivity index (χ3n) is 1.94. The van der Waals surface area contributed by atoms with Crippen molar-refractivity contribution in [1.29, 1.82) is 0 Å². The van der Waals surface area contributed by atoms with E-state index in [1.165, 1.54) is 30.4 Å². The summed E-state index contributed by atoms with van der Waals surface area (Å²) >= 11 is 0. The zero-order valence-corrected chi connectivity index (χ0v) is 6.65. The lowest BCUT2D eigenvalue weighted by atomic mass is 9.88. The van der Waals surface area contributed by atoms with E-state index in [1.807, 2.05) is 6.08 Å². The fourth-order valence-corrected chi connectivity index (χ4v) is 1.16. The van der Waals surface area contributed by atoms with Gasteiger partial charge in [0.1, 0.15) is 0 Å². The van der Waals surface area contributed by atoms with Gasteiger partial charge in [0.25, 0.3) is 0 Å². The van der Waals surface area contributed by atoms with E-state index in [4.69, 9.17) is 5.11 Å². The van der Waals surface area contributed by atoms with Crippen LogP contribution in [0.5, 0.6) is 0 Å². The van der Waals surface area contributed by atoms with Crippen LogP contribution in [-0.2, 0) is 0 Å². The summed E-state index contributed by atoms with van der Waals surface area (Å²) in [6.07, 6.45) is 5.63. The Bertz CT molecular complexity index is 177. The molecule has 56 valence electrons. The van der Waals surface area contributed by atoms with Crippen LogP contribution in [-0.4, -0.2) is 5.11 Å². The topological polar surface area (TPSA) is 20.2 Å². The summed E-state index contributed by atoms with van der Waals surface area (Å²) in [5, 5.41) is 8.92. The van der Waals surface area contributed by atoms with Gasteiger partial charge in [0.15, 0.2) is 0 Å². The normalized spacial score (nSPS) is 18.6. The van der Waals surface area contributed by atoms with Crippen LogP contribution in [0.4, 0.5) is 0 Å². The lowest BCUT2D eigenvalue weighted by molar-refractivity contribution is 0.413. The average Bonchev–Trinajstić information content (AvgIpc) is 1.55. The summed E-state index contributed by atoms with van der Waals surface area (Å²) in [5.41, 5.74) is 2.76. The number of hydrogen-bond acceptors (Lipinski definition) is 1. The van der Waals surface area contributed by atoms with E-state index in [9.17, 15) is 0 Å². The van der Waals surface area contributed by atoms with Gasteiger partial charge in [0, 0.05) is 0 Å². The summed E-state index contributed by atoms with van der Waals surface area (Å²) in [6.45, 7) is 3.77. The summed E-state index contributed by atoms with van der Waals surface area (Å²) in [6, 6.07) is 0. The molecule has 1 fully saturated rings. The van der Waals surface area contributed by atoms with E-state index in [0.29, 0.717) is 5.76 Å². The number of aliphatic hydroxyl groups excluding tert-OH is 1. The Morgan fingerprint density at radius 2 is 2.00 bits per heavy atom. The third kappa shape index (κ3) is 1.63. The van der Waals surface area contributed by atoms with Crippen molar-refractivity contribution < 1.29 is 5.11 Å². The molecule has 0 saturated heterocycles. The van der Waals surface area contributed by atoms with Crippen molar-refractivity contribution in [1.82, 2.24) is 0 Å². The van der Waals surface area contributed by atoms with Crippen molar-refractivity contribution in [3.05, 3.63) is 23.0 Å². The summed E-state index contributed by atoms with van der Waals surface area (Å²) in [4.78, 5) is 0. The summed E-state index contributed by atoms with van der Waals surface area (Å²) in [5.74, 6) is 0.414. The lowest BCUT2D eigenvalue weighted by Crippen LogP contribution is -1.99. The molecule has 1 saturated carbocycles. The molecule has 0 heterocycles. The van der Waals surface area contributed by atoms with Crippen LogP contribution >= 0.6 is 0 Å². The highest BCUT2D eigenvalue weighted by molar-refractivity contribution is 5.27. The molecule has 10 heavy (non-hydrogen) atoms. The highest BCUT2D eigenvalue weighted by Gasteiger charge is 2.09. The smallest absolute Gasteiger partial charge is 0.0894 e. The van der Waals surface area contributed by atoms with Crippen LogP contribution in [0.2, 0.25) is 0 Å². The van der Waals surface area contributed by atoms with E-state index in [0.717, 1.165) is 0 Å². The van der Waals surface area contributed by atoms with Crippen LogP contribution < -0.4 is 0 Å². The molecular weight excluding hydrogens is 124 g/mol. The molecule has 0 radical (unpaired) electrons. The molecule has 0 unspecified atom stereocenters. The predicted molar refractivity (Wildman–Crippen MR) is 42.9 cm³/mol. The maximum absolute atomic E-state index is 8.92. The van der Waals surface area contributed by atoms with Crippen molar-refractivity contribution in [3.63, 3.8) is 0 Å². The minimum absolute atomic E-state index is 0.414. The molecule has 0 amide bonds. The third-order valence-corrected chi connectivity index (χ3v) is 1.94. The SMILES string of the molecule is CC(/C=C(/C)O)=C1CCC1. The zero-order chi connectivity index (χ0) is 7.56. The van der Waals surface area contributed by atoms with E-state index >= 15 is 0 Å². The first kappa shape index (κ1) is 7.39. The predicted octanol–water partition coefficient (Wildman–Crippen LogP) is 2.95. The van der Waals surface area contributed by atoms with Crippen LogP contribution in [0.25, 0.3) is 0 Å². The second-order valence-corrected chi connectivity index (χ2v) is 2.93. The van der Waals surface area contributed by atoms with Gasteiger partial charge >= 0.3 is 0 Å². The molecule has 0 bridgehead atoms. The van der Waals surface area contributed by atoms with E-state index in [1.54, 1.807) is 6.92 Å². The molecule has 1 N–H and O–H groups in total. The molecule has 0 spiro atoms. The molecule has 1 aliphatic rings. The number of aliphatic hydroxyl groups is 1. The Balaban J connectivity index is 2.63. The maximum Gasteiger partial charge on any atom is 0.0894 e. The summed E-state index contributed by atoms with van der Waals surface area (Å²) < 4.78 is 0. The van der Waals surface area contributed by atoms with Gasteiger partial charge in [0.05, 0.1) is 5.76 Å². The first-order valence-corrected chi connectivity index (χ1v) is 3.76. The Hall–Kier alpha value is -0.720. The van der Waals surface area contributed by atoms with Crippen LogP contribution in [0.15, 0.2) is 23.0 Å². The van der Waals surface area contributed by atoms with Gasteiger partial charge in [-0.1, -0.05) is 5.57 Å². The molecule has 1 heteroatoms. The van der Waals surface area contributed by atoms with Crippen molar-refractivity contribution in [2.24, 2.45) is 0 Å². The average molecular weight is 138 g/mol. The van der Waals surface area contributed by atoms with Crippen molar-refractivity contribution >= 4 is 0 Å². The highest BCUT2D eigenvalue weighted by atomic mass is 16.3. The van der Waals surface area contributed by atoms with Crippen molar-refractivity contribution in [3.8, 4) is 0 Å². The summed E-state index contributed by atoms with van der Waals surface area (Å²) in [7, 11) is 0. The lowest BCUT2D eigenvalue weighted by Gasteiger charge is -2.18. The van der Waals surface area contributed by atoms with E-state index < -0.39 is 0 Å². The largest absolute Gasteiger partial charge is 0.513 e. The minimum Gasteiger partial charge on any atom is -0.513 e. The molecule has 1 nitrogen and oxygen atoms in total. The fraction of sp³-hybridized carbons (Fsp3) is 0.556. The van der Waals surface area contributed by atoms with Gasteiger partial charge < -0.3 is 5.11 Å². The molecule has 0 aromatic carbocycles. The van der Waals surface area contributed by atoms with Gasteiger partial charge in [-0.25, -0.2) is 0 Å². The van der Waals surface area contributed by atoms with Crippen molar-refractivity contribution in [2.75, 3.05) is 0 Å². The minimum atomic E-state index is 0.414. The standard InChI is InChI=1S/C9H14O/c1-7(6-8(2)10)9-4-3-5-9/h6,10H,3-5H2,1-2H3/b8-6-. The van der Waals surface area contributed by atoms with Crippen LogP contribution in [0, 0.1) is 0 Å². The quantitative estimate of drug-likeness (QED) is 0.552. The fourth-order valence-electron chi connectivity index (χ4n) is 1.16. The van der Waals surface area contributed by atoms with Gasteiger partial charge in [0.2, 0.25) is 0 Å². The Morgan fingerprint density at radius 1 is 1.40 bits per heavy atom. The second kappa shape index (κ2) is 2.91. The number of allylic oxidation sites excluding steroid dienone is 4. The maximum atomic E-state index is 8.92. The molecule has 0 aliphatic heterocycles.